The van der Waals surface area contributed by atoms with Gasteiger partial charge in [-0.1, -0.05) is 34.1 Å². The summed E-state index contributed by atoms with van der Waals surface area (Å²) in [7, 11) is 1.55. The molecule has 0 fully saturated rings. The average Bonchev–Trinajstić information content (AvgIpc) is 3.43. The zero-order chi connectivity index (χ0) is 20.2. The van der Waals surface area contributed by atoms with Crippen molar-refractivity contribution in [2.75, 3.05) is 12.4 Å². The highest BCUT2D eigenvalue weighted by atomic mass is 79.9. The summed E-state index contributed by atoms with van der Waals surface area (Å²) in [5.74, 6) is 1.39. The minimum Gasteiger partial charge on any atom is -0.497 e. The van der Waals surface area contributed by atoms with Gasteiger partial charge in [-0.25, -0.2) is 0 Å². The molecule has 0 saturated carbocycles. The van der Waals surface area contributed by atoms with Crippen molar-refractivity contribution in [3.8, 4) is 17.3 Å². The molecule has 0 atom stereocenters. The number of aromatic nitrogens is 3. The number of carbonyl (C=O) groups excluding carboxylic acids is 1. The molecule has 2 aromatic carbocycles. The molecular formula is C21H17BrN4O3. The van der Waals surface area contributed by atoms with Crippen LogP contribution in [-0.2, 0) is 6.54 Å². The molecule has 0 saturated heterocycles. The lowest BCUT2D eigenvalue weighted by Gasteiger charge is -2.08. The van der Waals surface area contributed by atoms with Crippen LogP contribution in [0.3, 0.4) is 0 Å². The van der Waals surface area contributed by atoms with Gasteiger partial charge in [0.1, 0.15) is 5.75 Å². The normalized spacial score (nSPS) is 10.7. The summed E-state index contributed by atoms with van der Waals surface area (Å²) < 4.78 is 12.8. The standard InChI is InChI=1S/C21H17BrN4O3/c1-28-17-5-2-4-15(12-17)20(27)26-21(23-13-14-7-9-16(22)10-8-14)24-19(25-26)18-6-3-11-29-18/h2-12H,13H2,1H3,(H,23,24,25). The summed E-state index contributed by atoms with van der Waals surface area (Å²) in [4.78, 5) is 17.6. The minimum absolute atomic E-state index is 0.324. The van der Waals surface area contributed by atoms with Gasteiger partial charge in [-0.3, -0.25) is 4.79 Å². The molecule has 0 amide bonds. The molecule has 146 valence electrons. The highest BCUT2D eigenvalue weighted by Crippen LogP contribution is 2.21. The zero-order valence-corrected chi connectivity index (χ0v) is 17.1. The molecule has 0 aliphatic carbocycles. The maximum absolute atomic E-state index is 13.1. The van der Waals surface area contributed by atoms with E-state index in [9.17, 15) is 4.79 Å². The van der Waals surface area contributed by atoms with Crippen LogP contribution in [0.1, 0.15) is 15.9 Å². The summed E-state index contributed by atoms with van der Waals surface area (Å²) in [5, 5.41) is 7.55. The van der Waals surface area contributed by atoms with Crippen LogP contribution in [-0.4, -0.2) is 27.8 Å². The van der Waals surface area contributed by atoms with Crippen LogP contribution in [0.5, 0.6) is 5.75 Å². The van der Waals surface area contributed by atoms with E-state index in [1.54, 1.807) is 43.5 Å². The SMILES string of the molecule is COc1cccc(C(=O)n2nc(-c3ccco3)nc2NCc2ccc(Br)cc2)c1. The predicted octanol–water partition coefficient (Wildman–Crippen LogP) is 4.61. The van der Waals surface area contributed by atoms with E-state index in [2.05, 4.69) is 31.3 Å². The van der Waals surface area contributed by atoms with Crippen molar-refractivity contribution in [3.63, 3.8) is 0 Å². The van der Waals surface area contributed by atoms with E-state index < -0.39 is 0 Å². The molecule has 0 spiro atoms. The van der Waals surface area contributed by atoms with E-state index in [4.69, 9.17) is 9.15 Å². The second-order valence-corrected chi connectivity index (χ2v) is 7.08. The molecule has 4 aromatic rings. The summed E-state index contributed by atoms with van der Waals surface area (Å²) in [6.45, 7) is 0.481. The van der Waals surface area contributed by atoms with Gasteiger partial charge in [0.15, 0.2) is 5.76 Å². The molecule has 2 aromatic heterocycles. The largest absolute Gasteiger partial charge is 0.497 e. The van der Waals surface area contributed by atoms with Crippen LogP contribution in [0.2, 0.25) is 0 Å². The lowest BCUT2D eigenvalue weighted by Crippen LogP contribution is -2.17. The lowest BCUT2D eigenvalue weighted by molar-refractivity contribution is 0.0947. The van der Waals surface area contributed by atoms with Gasteiger partial charge >= 0.3 is 0 Å². The Morgan fingerprint density at radius 1 is 1.17 bits per heavy atom. The Labute approximate surface area is 175 Å². The number of methoxy groups -OCH3 is 1. The number of halogens is 1. The smallest absolute Gasteiger partial charge is 0.281 e. The van der Waals surface area contributed by atoms with Crippen LogP contribution in [0, 0.1) is 0 Å². The first-order chi connectivity index (χ1) is 14.1. The van der Waals surface area contributed by atoms with Crippen LogP contribution < -0.4 is 10.1 Å². The Morgan fingerprint density at radius 2 is 2.00 bits per heavy atom. The van der Waals surface area contributed by atoms with Crippen LogP contribution >= 0.6 is 15.9 Å². The number of rotatable bonds is 6. The molecule has 0 radical (unpaired) electrons. The fraction of sp³-hybridized carbons (Fsp3) is 0.0952. The van der Waals surface area contributed by atoms with Crippen molar-refractivity contribution < 1.29 is 13.9 Å². The first-order valence-electron chi connectivity index (χ1n) is 8.82. The molecule has 7 nitrogen and oxygen atoms in total. The Morgan fingerprint density at radius 3 is 2.72 bits per heavy atom. The highest BCUT2D eigenvalue weighted by Gasteiger charge is 2.20. The predicted molar refractivity (Wildman–Crippen MR) is 112 cm³/mol. The molecule has 8 heteroatoms. The van der Waals surface area contributed by atoms with Gasteiger partial charge < -0.3 is 14.5 Å². The van der Waals surface area contributed by atoms with Crippen molar-refractivity contribution in [2.24, 2.45) is 0 Å². The summed E-state index contributed by atoms with van der Waals surface area (Å²) in [6.07, 6.45) is 1.54. The lowest BCUT2D eigenvalue weighted by atomic mass is 10.2. The molecular weight excluding hydrogens is 436 g/mol. The molecule has 0 unspecified atom stereocenters. The fourth-order valence-corrected chi connectivity index (χ4v) is 3.00. The third-order valence-electron chi connectivity index (χ3n) is 4.22. The van der Waals surface area contributed by atoms with Crippen LogP contribution in [0.4, 0.5) is 5.95 Å². The molecule has 4 rings (SSSR count). The van der Waals surface area contributed by atoms with Gasteiger partial charge in [0.05, 0.1) is 13.4 Å². The second-order valence-electron chi connectivity index (χ2n) is 6.17. The first kappa shape index (κ1) is 18.9. The van der Waals surface area contributed by atoms with Crippen molar-refractivity contribution in [3.05, 3.63) is 82.5 Å². The highest BCUT2D eigenvalue weighted by molar-refractivity contribution is 9.10. The van der Waals surface area contributed by atoms with Gasteiger partial charge in [0.25, 0.3) is 5.91 Å². The molecule has 2 heterocycles. The van der Waals surface area contributed by atoms with Crippen molar-refractivity contribution in [2.45, 2.75) is 6.54 Å². The maximum atomic E-state index is 13.1. The molecule has 29 heavy (non-hydrogen) atoms. The van der Waals surface area contributed by atoms with Crippen molar-refractivity contribution in [1.82, 2.24) is 14.8 Å². The average molecular weight is 453 g/mol. The Balaban J connectivity index is 1.67. The molecule has 0 aliphatic rings. The number of anilines is 1. The first-order valence-corrected chi connectivity index (χ1v) is 9.61. The van der Waals surface area contributed by atoms with E-state index in [1.165, 1.54) is 10.9 Å². The van der Waals surface area contributed by atoms with Gasteiger partial charge in [-0.05, 0) is 48.0 Å². The number of nitrogens with zero attached hydrogens (tertiary/aromatic N) is 3. The van der Waals surface area contributed by atoms with Gasteiger partial charge in [-0.15, -0.1) is 5.10 Å². The number of hydrogen-bond donors (Lipinski definition) is 1. The van der Waals surface area contributed by atoms with Crippen molar-refractivity contribution >= 4 is 27.8 Å². The van der Waals surface area contributed by atoms with Crippen molar-refractivity contribution in [1.29, 1.82) is 0 Å². The molecule has 1 N–H and O–H groups in total. The van der Waals surface area contributed by atoms with E-state index in [1.807, 2.05) is 24.3 Å². The maximum Gasteiger partial charge on any atom is 0.281 e. The molecule has 0 bridgehead atoms. The number of ether oxygens (including phenoxy) is 1. The Hall–Kier alpha value is -3.39. The summed E-state index contributed by atoms with van der Waals surface area (Å²) in [6, 6.07) is 18.3. The Kier molecular flexibility index (Phi) is 5.44. The third kappa shape index (κ3) is 4.22. The number of furan rings is 1. The number of carbonyl (C=O) groups is 1. The minimum atomic E-state index is -0.326. The third-order valence-corrected chi connectivity index (χ3v) is 4.75. The summed E-state index contributed by atoms with van der Waals surface area (Å²) >= 11 is 3.42. The second kappa shape index (κ2) is 8.32. The van der Waals surface area contributed by atoms with E-state index in [0.29, 0.717) is 35.4 Å². The van der Waals surface area contributed by atoms with Gasteiger partial charge in [-0.2, -0.15) is 9.67 Å². The van der Waals surface area contributed by atoms with Gasteiger partial charge in [0.2, 0.25) is 11.8 Å². The Bertz CT molecular complexity index is 1120. The summed E-state index contributed by atoms with van der Waals surface area (Å²) in [5.41, 5.74) is 1.48. The topological polar surface area (TPSA) is 82.2 Å². The quantitative estimate of drug-likeness (QED) is 0.459. The monoisotopic (exact) mass is 452 g/mol. The fourth-order valence-electron chi connectivity index (χ4n) is 2.74. The van der Waals surface area contributed by atoms with E-state index in [-0.39, 0.29) is 5.91 Å². The zero-order valence-electron chi connectivity index (χ0n) is 15.5. The van der Waals surface area contributed by atoms with E-state index in [0.717, 1.165) is 10.0 Å². The van der Waals surface area contributed by atoms with Crippen LogP contribution in [0.15, 0.2) is 75.8 Å². The van der Waals surface area contributed by atoms with Crippen LogP contribution in [0.25, 0.3) is 11.6 Å². The number of benzene rings is 2. The van der Waals surface area contributed by atoms with E-state index >= 15 is 0 Å². The molecule has 0 aliphatic heterocycles. The number of nitrogens with one attached hydrogen (secondary N) is 1. The number of hydrogen-bond acceptors (Lipinski definition) is 6. The van der Waals surface area contributed by atoms with Gasteiger partial charge in [0, 0.05) is 16.6 Å².